The zero-order valence-corrected chi connectivity index (χ0v) is 22.4. The van der Waals surface area contributed by atoms with Crippen molar-refractivity contribution in [3.8, 4) is 0 Å². The van der Waals surface area contributed by atoms with E-state index in [1.807, 2.05) is 13.8 Å². The number of hydrogen-bond donors (Lipinski definition) is 1. The number of ether oxygens (including phenoxy) is 2. The molecule has 1 heterocycles. The van der Waals surface area contributed by atoms with E-state index in [0.29, 0.717) is 13.2 Å². The van der Waals surface area contributed by atoms with E-state index in [-0.39, 0.29) is 23.0 Å². The van der Waals surface area contributed by atoms with E-state index in [2.05, 4.69) is 95.3 Å². The lowest BCUT2D eigenvalue weighted by Gasteiger charge is -2.44. The van der Waals surface area contributed by atoms with Crippen molar-refractivity contribution in [2.24, 2.45) is 11.8 Å². The predicted molar refractivity (Wildman–Crippen MR) is 137 cm³/mol. The number of benzene rings is 2. The highest BCUT2D eigenvalue weighted by Gasteiger charge is 2.50. The Morgan fingerprint density at radius 1 is 1.00 bits per heavy atom. The SMILES string of the molecule is C[C@H]([C@H](O)[C@@H](C)CO[Si](c1ccccc1)(c1ccccc1)C(C)(C)C)[C@H]1CCOC(C)(C)O1. The van der Waals surface area contributed by atoms with Gasteiger partial charge in [-0.1, -0.05) is 95.3 Å². The molecular weight excluding hydrogens is 428 g/mol. The minimum absolute atomic E-state index is 0.00840. The third-order valence-electron chi connectivity index (χ3n) is 6.97. The molecule has 3 rings (SSSR count). The van der Waals surface area contributed by atoms with Crippen LogP contribution in [0.15, 0.2) is 60.7 Å². The van der Waals surface area contributed by atoms with Gasteiger partial charge >= 0.3 is 0 Å². The monoisotopic (exact) mass is 470 g/mol. The lowest BCUT2D eigenvalue weighted by molar-refractivity contribution is -0.287. The number of hydrogen-bond acceptors (Lipinski definition) is 4. The average molecular weight is 471 g/mol. The van der Waals surface area contributed by atoms with Gasteiger partial charge in [-0.15, -0.1) is 0 Å². The Morgan fingerprint density at radius 3 is 1.97 bits per heavy atom. The second-order valence-electron chi connectivity index (χ2n) is 11.0. The molecule has 182 valence electrons. The van der Waals surface area contributed by atoms with Crippen molar-refractivity contribution in [1.82, 2.24) is 0 Å². The predicted octanol–water partition coefficient (Wildman–Crippen LogP) is 4.74. The lowest BCUT2D eigenvalue weighted by atomic mass is 9.88. The zero-order chi connectivity index (χ0) is 24.3. The Morgan fingerprint density at radius 2 is 1.52 bits per heavy atom. The maximum absolute atomic E-state index is 11.3. The third-order valence-corrected chi connectivity index (χ3v) is 12.0. The van der Waals surface area contributed by atoms with E-state index in [9.17, 15) is 5.11 Å². The standard InChI is InChI=1S/C28H42O4Si/c1-21(26(29)22(2)25-18-19-30-28(6,7)32-25)20-31-33(27(3,4)5,23-14-10-8-11-15-23)24-16-12-9-13-17-24/h8-17,21-22,25-26,29H,18-20H2,1-7H3/t21-,22-,25+,26+/m0/s1. The summed E-state index contributed by atoms with van der Waals surface area (Å²) in [4.78, 5) is 0. The fourth-order valence-electron chi connectivity index (χ4n) is 5.10. The van der Waals surface area contributed by atoms with E-state index >= 15 is 0 Å². The van der Waals surface area contributed by atoms with Gasteiger partial charge in [0.05, 0.1) is 18.8 Å². The Labute approximate surface area is 201 Å². The van der Waals surface area contributed by atoms with Gasteiger partial charge < -0.3 is 19.0 Å². The van der Waals surface area contributed by atoms with Crippen LogP contribution in [0.3, 0.4) is 0 Å². The first kappa shape index (κ1) is 26.1. The van der Waals surface area contributed by atoms with Crippen LogP contribution in [0.4, 0.5) is 0 Å². The van der Waals surface area contributed by atoms with E-state index < -0.39 is 20.2 Å². The van der Waals surface area contributed by atoms with Crippen molar-refractivity contribution in [2.45, 2.75) is 77.9 Å². The highest BCUT2D eigenvalue weighted by atomic mass is 28.4. The lowest BCUT2D eigenvalue weighted by Crippen LogP contribution is -2.67. The topological polar surface area (TPSA) is 47.9 Å². The first-order valence-corrected chi connectivity index (χ1v) is 14.1. The molecular formula is C28H42O4Si. The van der Waals surface area contributed by atoms with Crippen LogP contribution in [0.1, 0.15) is 54.9 Å². The van der Waals surface area contributed by atoms with Crippen LogP contribution in [-0.2, 0) is 13.9 Å². The molecule has 5 heteroatoms. The Hall–Kier alpha value is -1.50. The summed E-state index contributed by atoms with van der Waals surface area (Å²) in [5.41, 5.74) is 0. The van der Waals surface area contributed by atoms with Gasteiger partial charge in [0, 0.05) is 18.4 Å². The normalized spacial score (nSPS) is 21.9. The quantitative estimate of drug-likeness (QED) is 0.566. The van der Waals surface area contributed by atoms with E-state index in [0.717, 1.165) is 6.42 Å². The van der Waals surface area contributed by atoms with Gasteiger partial charge in [-0.2, -0.15) is 0 Å². The summed E-state index contributed by atoms with van der Waals surface area (Å²) in [5, 5.41) is 13.7. The van der Waals surface area contributed by atoms with Crippen molar-refractivity contribution in [2.75, 3.05) is 13.2 Å². The van der Waals surface area contributed by atoms with E-state index in [4.69, 9.17) is 13.9 Å². The van der Waals surface area contributed by atoms with Gasteiger partial charge in [-0.3, -0.25) is 0 Å². The molecule has 1 N–H and O–H groups in total. The molecule has 4 atom stereocenters. The largest absolute Gasteiger partial charge is 0.407 e. The molecule has 0 unspecified atom stereocenters. The molecule has 0 aliphatic carbocycles. The molecule has 0 amide bonds. The zero-order valence-electron chi connectivity index (χ0n) is 21.4. The molecule has 1 saturated heterocycles. The smallest absolute Gasteiger partial charge is 0.261 e. The highest BCUT2D eigenvalue weighted by molar-refractivity contribution is 6.99. The summed E-state index contributed by atoms with van der Waals surface area (Å²) in [6, 6.07) is 21.3. The van der Waals surface area contributed by atoms with Gasteiger partial charge in [0.25, 0.3) is 8.32 Å². The second kappa shape index (κ2) is 10.4. The van der Waals surface area contributed by atoms with Gasteiger partial charge in [-0.25, -0.2) is 0 Å². The second-order valence-corrected chi connectivity index (χ2v) is 15.3. The number of aliphatic hydroxyl groups excluding tert-OH is 1. The van der Waals surface area contributed by atoms with Crippen LogP contribution in [0.2, 0.25) is 5.04 Å². The summed E-state index contributed by atoms with van der Waals surface area (Å²) < 4.78 is 18.9. The maximum atomic E-state index is 11.3. The minimum Gasteiger partial charge on any atom is -0.407 e. The van der Waals surface area contributed by atoms with E-state index in [1.165, 1.54) is 10.4 Å². The molecule has 0 saturated carbocycles. The van der Waals surface area contributed by atoms with Gasteiger partial charge in [0.2, 0.25) is 0 Å². The van der Waals surface area contributed by atoms with Crippen LogP contribution >= 0.6 is 0 Å². The van der Waals surface area contributed by atoms with Crippen molar-refractivity contribution in [3.05, 3.63) is 60.7 Å². The molecule has 1 fully saturated rings. The first-order valence-electron chi connectivity index (χ1n) is 12.2. The van der Waals surface area contributed by atoms with Crippen molar-refractivity contribution < 1.29 is 19.0 Å². The highest BCUT2D eigenvalue weighted by Crippen LogP contribution is 2.37. The summed E-state index contributed by atoms with van der Waals surface area (Å²) in [6.45, 7) is 16.0. The molecule has 2 aromatic rings. The van der Waals surface area contributed by atoms with Gasteiger partial charge in [-0.05, 0) is 35.7 Å². The molecule has 1 aliphatic rings. The average Bonchev–Trinajstić information content (AvgIpc) is 2.78. The molecule has 0 radical (unpaired) electrons. The van der Waals surface area contributed by atoms with Crippen molar-refractivity contribution in [3.63, 3.8) is 0 Å². The Bertz CT molecular complexity index is 823. The summed E-state index contributed by atoms with van der Waals surface area (Å²) >= 11 is 0. The molecule has 2 aromatic carbocycles. The number of rotatable bonds is 8. The van der Waals surface area contributed by atoms with Crippen molar-refractivity contribution >= 4 is 18.7 Å². The van der Waals surface area contributed by atoms with E-state index in [1.54, 1.807) is 0 Å². The van der Waals surface area contributed by atoms with Crippen LogP contribution in [0, 0.1) is 11.8 Å². The Kier molecular flexibility index (Phi) is 8.23. The minimum atomic E-state index is -2.62. The summed E-state index contributed by atoms with van der Waals surface area (Å²) in [6.07, 6.45) is 0.241. The fourth-order valence-corrected chi connectivity index (χ4v) is 9.77. The fraction of sp³-hybridized carbons (Fsp3) is 0.571. The maximum Gasteiger partial charge on any atom is 0.261 e. The summed E-state index contributed by atoms with van der Waals surface area (Å²) in [7, 11) is -2.62. The molecule has 0 aromatic heterocycles. The Balaban J connectivity index is 1.85. The molecule has 0 spiro atoms. The van der Waals surface area contributed by atoms with Crippen LogP contribution < -0.4 is 10.4 Å². The molecule has 0 bridgehead atoms. The van der Waals surface area contributed by atoms with Crippen LogP contribution in [0.25, 0.3) is 0 Å². The van der Waals surface area contributed by atoms with Gasteiger partial charge in [0.1, 0.15) is 0 Å². The summed E-state index contributed by atoms with van der Waals surface area (Å²) in [5.74, 6) is -0.645. The van der Waals surface area contributed by atoms with Crippen LogP contribution in [0.5, 0.6) is 0 Å². The first-order chi connectivity index (χ1) is 15.5. The number of aliphatic hydroxyl groups is 1. The third kappa shape index (κ3) is 5.77. The molecule has 33 heavy (non-hydrogen) atoms. The van der Waals surface area contributed by atoms with Crippen molar-refractivity contribution in [1.29, 1.82) is 0 Å². The molecule has 4 nitrogen and oxygen atoms in total. The molecule has 1 aliphatic heterocycles. The van der Waals surface area contributed by atoms with Crippen LogP contribution in [-0.4, -0.2) is 44.6 Å². The van der Waals surface area contributed by atoms with Gasteiger partial charge in [0.15, 0.2) is 5.79 Å².